The zero-order chi connectivity index (χ0) is 19.0. The maximum atomic E-state index is 12.5. The molecule has 27 heavy (non-hydrogen) atoms. The van der Waals surface area contributed by atoms with Gasteiger partial charge >= 0.3 is 0 Å². The zero-order valence-corrected chi connectivity index (χ0v) is 16.7. The van der Waals surface area contributed by atoms with Gasteiger partial charge in [-0.3, -0.25) is 9.36 Å². The van der Waals surface area contributed by atoms with Crippen LogP contribution >= 0.6 is 11.8 Å². The second-order valence-electron chi connectivity index (χ2n) is 7.15. The number of sulfone groups is 1. The minimum absolute atomic E-state index is 0.0299. The first-order chi connectivity index (χ1) is 12.9. The molecule has 1 aromatic heterocycles. The van der Waals surface area contributed by atoms with E-state index in [1.165, 1.54) is 11.8 Å². The van der Waals surface area contributed by atoms with E-state index in [2.05, 4.69) is 15.5 Å². The molecular weight excluding hydrogens is 384 g/mol. The average molecular weight is 407 g/mol. The number of nitrogens with one attached hydrogen (secondary N) is 1. The Hall–Kier alpha value is -1.87. The van der Waals surface area contributed by atoms with Crippen molar-refractivity contribution in [2.75, 3.05) is 11.5 Å². The molecule has 1 saturated heterocycles. The molecule has 0 radical (unpaired) electrons. The molecule has 4 rings (SSSR count). The molecule has 2 aromatic rings. The third-order valence-corrected chi connectivity index (χ3v) is 7.66. The summed E-state index contributed by atoms with van der Waals surface area (Å²) in [5.41, 5.74) is 0.987. The van der Waals surface area contributed by atoms with Gasteiger partial charge in [0.25, 0.3) is 0 Å². The first-order valence-corrected chi connectivity index (χ1v) is 11.8. The highest BCUT2D eigenvalue weighted by Crippen LogP contribution is 2.41. The van der Waals surface area contributed by atoms with Gasteiger partial charge in [0.05, 0.1) is 16.8 Å². The van der Waals surface area contributed by atoms with Gasteiger partial charge in [0.15, 0.2) is 15.0 Å². The van der Waals surface area contributed by atoms with E-state index in [-0.39, 0.29) is 23.5 Å². The van der Waals surface area contributed by atoms with Gasteiger partial charge in [0.1, 0.15) is 5.82 Å². The Kier molecular flexibility index (Phi) is 4.98. The van der Waals surface area contributed by atoms with Gasteiger partial charge in [-0.2, -0.15) is 0 Å². The molecule has 1 N–H and O–H groups in total. The van der Waals surface area contributed by atoms with Crippen molar-refractivity contribution in [3.05, 3.63) is 36.2 Å². The Morgan fingerprint density at radius 1 is 1.22 bits per heavy atom. The summed E-state index contributed by atoms with van der Waals surface area (Å²) in [4.78, 5) is 12.5. The fourth-order valence-electron chi connectivity index (χ4n) is 3.22. The number of aromatic nitrogens is 3. The van der Waals surface area contributed by atoms with Crippen LogP contribution in [0.15, 0.2) is 35.5 Å². The molecule has 0 unspecified atom stereocenters. The summed E-state index contributed by atoms with van der Waals surface area (Å²) in [7, 11) is -3.02. The maximum absolute atomic E-state index is 12.5. The van der Waals surface area contributed by atoms with E-state index in [0.717, 1.165) is 24.4 Å². The van der Waals surface area contributed by atoms with E-state index >= 15 is 0 Å². The van der Waals surface area contributed by atoms with Crippen molar-refractivity contribution in [3.8, 4) is 5.69 Å². The highest BCUT2D eigenvalue weighted by Gasteiger charge is 2.33. The SMILES string of the molecule is C[C@H](Sc1nnc(C2CC2)n1-c1ccccc1)C(=O)N[C@@H]1CCS(=O)(=O)C1. The third kappa shape index (κ3) is 4.19. The van der Waals surface area contributed by atoms with Gasteiger partial charge in [0.2, 0.25) is 5.91 Å². The number of rotatable bonds is 6. The molecule has 1 amide bonds. The van der Waals surface area contributed by atoms with Gasteiger partial charge in [-0.15, -0.1) is 10.2 Å². The summed E-state index contributed by atoms with van der Waals surface area (Å²) >= 11 is 1.35. The van der Waals surface area contributed by atoms with Crippen LogP contribution in [0.4, 0.5) is 0 Å². The van der Waals surface area contributed by atoms with Gasteiger partial charge in [-0.25, -0.2) is 8.42 Å². The highest BCUT2D eigenvalue weighted by molar-refractivity contribution is 8.00. The first-order valence-electron chi connectivity index (χ1n) is 9.11. The lowest BCUT2D eigenvalue weighted by molar-refractivity contribution is -0.120. The molecule has 0 spiro atoms. The number of benzene rings is 1. The Bertz CT molecular complexity index is 939. The van der Waals surface area contributed by atoms with Crippen molar-refractivity contribution < 1.29 is 13.2 Å². The van der Waals surface area contributed by atoms with E-state index < -0.39 is 15.1 Å². The summed E-state index contributed by atoms with van der Waals surface area (Å²) in [6.45, 7) is 1.81. The minimum Gasteiger partial charge on any atom is -0.351 e. The number of nitrogens with zero attached hydrogens (tertiary/aromatic N) is 3. The smallest absolute Gasteiger partial charge is 0.233 e. The third-order valence-electron chi connectivity index (χ3n) is 4.85. The van der Waals surface area contributed by atoms with Gasteiger partial charge in [0, 0.05) is 17.6 Å². The fourth-order valence-corrected chi connectivity index (χ4v) is 5.78. The molecule has 7 nitrogen and oxygen atoms in total. The predicted octanol–water partition coefficient (Wildman–Crippen LogP) is 1.93. The number of carbonyl (C=O) groups is 1. The maximum Gasteiger partial charge on any atom is 0.233 e. The van der Waals surface area contributed by atoms with Crippen LogP contribution in [0.3, 0.4) is 0 Å². The summed E-state index contributed by atoms with van der Waals surface area (Å²) in [5.74, 6) is 1.38. The first kappa shape index (κ1) is 18.5. The lowest BCUT2D eigenvalue weighted by Crippen LogP contribution is -2.40. The Morgan fingerprint density at radius 3 is 2.59 bits per heavy atom. The summed E-state index contributed by atoms with van der Waals surface area (Å²) in [5, 5.41) is 11.8. The van der Waals surface area contributed by atoms with Crippen molar-refractivity contribution in [1.29, 1.82) is 0 Å². The van der Waals surface area contributed by atoms with Crippen LogP contribution in [0.1, 0.15) is 37.9 Å². The van der Waals surface area contributed by atoms with Crippen LogP contribution in [0.2, 0.25) is 0 Å². The van der Waals surface area contributed by atoms with Crippen LogP contribution in [0.25, 0.3) is 5.69 Å². The molecule has 1 aromatic carbocycles. The number of para-hydroxylation sites is 1. The van der Waals surface area contributed by atoms with E-state index in [9.17, 15) is 13.2 Å². The number of hydrogen-bond donors (Lipinski definition) is 1. The Labute approximate surface area is 162 Å². The number of hydrogen-bond acceptors (Lipinski definition) is 6. The van der Waals surface area contributed by atoms with Crippen molar-refractivity contribution >= 4 is 27.5 Å². The molecule has 2 fully saturated rings. The standard InChI is InChI=1S/C18H22N4O3S2/c1-12(17(23)19-14-9-10-27(24,25)11-14)26-18-21-20-16(13-7-8-13)22(18)15-5-3-2-4-6-15/h2-6,12-14H,7-11H2,1H3,(H,19,23)/t12-,14+/m0/s1. The molecule has 0 bridgehead atoms. The quantitative estimate of drug-likeness (QED) is 0.737. The van der Waals surface area contributed by atoms with E-state index in [0.29, 0.717) is 17.5 Å². The van der Waals surface area contributed by atoms with E-state index in [4.69, 9.17) is 0 Å². The lowest BCUT2D eigenvalue weighted by atomic mass is 10.2. The Balaban J connectivity index is 1.50. The van der Waals surface area contributed by atoms with Crippen molar-refractivity contribution in [1.82, 2.24) is 20.1 Å². The average Bonchev–Trinajstić information content (AvgIpc) is 3.32. The highest BCUT2D eigenvalue weighted by atomic mass is 32.2. The van der Waals surface area contributed by atoms with Crippen LogP contribution in [0.5, 0.6) is 0 Å². The molecule has 2 aliphatic rings. The largest absolute Gasteiger partial charge is 0.351 e. The predicted molar refractivity (Wildman–Crippen MR) is 104 cm³/mol. The molecule has 2 heterocycles. The molecule has 1 saturated carbocycles. The monoisotopic (exact) mass is 406 g/mol. The Morgan fingerprint density at radius 2 is 1.96 bits per heavy atom. The molecular formula is C18H22N4O3S2. The number of carbonyl (C=O) groups excluding carboxylic acids is 1. The van der Waals surface area contributed by atoms with Crippen molar-refractivity contribution in [2.45, 2.75) is 48.6 Å². The van der Waals surface area contributed by atoms with Crippen LogP contribution in [-0.2, 0) is 14.6 Å². The van der Waals surface area contributed by atoms with Gasteiger partial charge in [-0.05, 0) is 38.3 Å². The minimum atomic E-state index is -3.02. The molecule has 9 heteroatoms. The topological polar surface area (TPSA) is 93.9 Å². The zero-order valence-electron chi connectivity index (χ0n) is 15.0. The second-order valence-corrected chi connectivity index (χ2v) is 10.7. The molecule has 144 valence electrons. The number of amides is 1. The summed E-state index contributed by atoms with van der Waals surface area (Å²) < 4.78 is 25.2. The fraction of sp³-hybridized carbons (Fsp3) is 0.500. The van der Waals surface area contributed by atoms with Crippen LogP contribution in [0, 0.1) is 0 Å². The van der Waals surface area contributed by atoms with E-state index in [1.807, 2.05) is 41.8 Å². The van der Waals surface area contributed by atoms with E-state index in [1.54, 1.807) is 0 Å². The molecule has 1 aliphatic heterocycles. The van der Waals surface area contributed by atoms with Gasteiger partial charge < -0.3 is 5.32 Å². The van der Waals surface area contributed by atoms with Crippen LogP contribution < -0.4 is 5.32 Å². The normalized spacial score (nSPS) is 22.5. The van der Waals surface area contributed by atoms with Gasteiger partial charge in [-0.1, -0.05) is 30.0 Å². The van der Waals surface area contributed by atoms with Crippen molar-refractivity contribution in [3.63, 3.8) is 0 Å². The summed E-state index contributed by atoms with van der Waals surface area (Å²) in [6, 6.07) is 9.62. The van der Waals surface area contributed by atoms with Crippen molar-refractivity contribution in [2.24, 2.45) is 0 Å². The number of thioether (sulfide) groups is 1. The summed E-state index contributed by atoms with van der Waals surface area (Å²) in [6.07, 6.45) is 2.71. The molecule has 1 aliphatic carbocycles. The lowest BCUT2D eigenvalue weighted by Gasteiger charge is -2.16. The van der Waals surface area contributed by atoms with Crippen LogP contribution in [-0.4, -0.2) is 51.9 Å². The molecule has 2 atom stereocenters. The second kappa shape index (κ2) is 7.27.